The number of hydrogen-bond acceptors (Lipinski definition) is 3. The standard InChI is InChI=1S/C17H24N2O3S/c1-12(19-23(2,21)22)10-13-8-9-15(17(18)20)16(11-13)14-6-4-3-5-7-14/h6,8-9,11-12,19H,3-5,7,10H2,1-2H3,(H2,18,20). The lowest BCUT2D eigenvalue weighted by Gasteiger charge is -2.18. The molecule has 1 aliphatic carbocycles. The molecule has 5 nitrogen and oxygen atoms in total. The molecule has 0 heterocycles. The number of carbonyl (C=O) groups excluding carboxylic acids is 1. The minimum Gasteiger partial charge on any atom is -0.366 e. The maximum Gasteiger partial charge on any atom is 0.249 e. The number of nitrogens with two attached hydrogens (primary N) is 1. The maximum absolute atomic E-state index is 11.7. The molecule has 0 radical (unpaired) electrons. The minimum absolute atomic E-state index is 0.211. The zero-order valence-electron chi connectivity index (χ0n) is 13.6. The van der Waals surface area contributed by atoms with E-state index in [1.807, 2.05) is 19.1 Å². The molecule has 0 aromatic heterocycles. The number of nitrogens with one attached hydrogen (secondary N) is 1. The Morgan fingerprint density at radius 2 is 2.09 bits per heavy atom. The molecule has 2 rings (SSSR count). The number of amides is 1. The van der Waals surface area contributed by atoms with E-state index in [1.54, 1.807) is 6.07 Å². The van der Waals surface area contributed by atoms with Crippen molar-refractivity contribution >= 4 is 21.5 Å². The van der Waals surface area contributed by atoms with Gasteiger partial charge in [-0.3, -0.25) is 4.79 Å². The first-order chi connectivity index (χ1) is 10.8. The van der Waals surface area contributed by atoms with E-state index < -0.39 is 15.9 Å². The normalized spacial score (nSPS) is 16.7. The summed E-state index contributed by atoms with van der Waals surface area (Å²) in [4.78, 5) is 11.7. The van der Waals surface area contributed by atoms with Crippen molar-refractivity contribution in [2.45, 2.75) is 45.1 Å². The van der Waals surface area contributed by atoms with Crippen LogP contribution >= 0.6 is 0 Å². The Morgan fingerprint density at radius 1 is 1.35 bits per heavy atom. The zero-order chi connectivity index (χ0) is 17.0. The maximum atomic E-state index is 11.7. The van der Waals surface area contributed by atoms with Crippen LogP contribution in [0, 0.1) is 0 Å². The predicted molar refractivity (Wildman–Crippen MR) is 92.6 cm³/mol. The fourth-order valence-electron chi connectivity index (χ4n) is 3.04. The van der Waals surface area contributed by atoms with Gasteiger partial charge in [0.25, 0.3) is 0 Å². The zero-order valence-corrected chi connectivity index (χ0v) is 14.4. The van der Waals surface area contributed by atoms with Gasteiger partial charge in [-0.2, -0.15) is 0 Å². The van der Waals surface area contributed by atoms with Gasteiger partial charge in [0.15, 0.2) is 0 Å². The van der Waals surface area contributed by atoms with Crippen molar-refractivity contribution in [2.75, 3.05) is 6.26 Å². The van der Waals surface area contributed by atoms with Crippen molar-refractivity contribution in [3.63, 3.8) is 0 Å². The Kier molecular flexibility index (Phi) is 5.59. The molecule has 0 saturated heterocycles. The first-order valence-electron chi connectivity index (χ1n) is 7.85. The van der Waals surface area contributed by atoms with Crippen molar-refractivity contribution in [3.8, 4) is 0 Å². The molecule has 1 aromatic rings. The summed E-state index contributed by atoms with van der Waals surface area (Å²) in [5.74, 6) is -0.430. The minimum atomic E-state index is -3.23. The van der Waals surface area contributed by atoms with E-state index in [1.165, 1.54) is 6.42 Å². The summed E-state index contributed by atoms with van der Waals surface area (Å²) >= 11 is 0. The van der Waals surface area contributed by atoms with Gasteiger partial charge >= 0.3 is 0 Å². The number of primary amides is 1. The van der Waals surface area contributed by atoms with E-state index in [-0.39, 0.29) is 6.04 Å². The van der Waals surface area contributed by atoms with Crippen LogP contribution in [0.15, 0.2) is 24.3 Å². The summed E-state index contributed by atoms with van der Waals surface area (Å²) in [5, 5.41) is 0. The molecular weight excluding hydrogens is 312 g/mol. The highest BCUT2D eigenvalue weighted by Crippen LogP contribution is 2.30. The van der Waals surface area contributed by atoms with E-state index in [9.17, 15) is 13.2 Å². The third kappa shape index (κ3) is 5.18. The molecule has 0 aliphatic heterocycles. The summed E-state index contributed by atoms with van der Waals surface area (Å²) in [7, 11) is -3.23. The van der Waals surface area contributed by atoms with E-state index in [0.29, 0.717) is 12.0 Å². The summed E-state index contributed by atoms with van der Waals surface area (Å²) in [6.45, 7) is 1.82. The second kappa shape index (κ2) is 7.27. The molecule has 0 bridgehead atoms. The average Bonchev–Trinajstić information content (AvgIpc) is 2.45. The number of carbonyl (C=O) groups is 1. The van der Waals surface area contributed by atoms with Crippen LogP contribution in [0.4, 0.5) is 0 Å². The summed E-state index contributed by atoms with van der Waals surface area (Å²) in [6.07, 6.45) is 8.13. The molecule has 1 amide bonds. The lowest BCUT2D eigenvalue weighted by atomic mass is 9.88. The highest BCUT2D eigenvalue weighted by Gasteiger charge is 2.16. The molecule has 23 heavy (non-hydrogen) atoms. The molecular formula is C17H24N2O3S. The number of benzene rings is 1. The van der Waals surface area contributed by atoms with Crippen LogP contribution < -0.4 is 10.5 Å². The third-order valence-corrected chi connectivity index (χ3v) is 4.77. The van der Waals surface area contributed by atoms with Gasteiger partial charge in [0.2, 0.25) is 15.9 Å². The lowest BCUT2D eigenvalue weighted by molar-refractivity contribution is 0.1000. The van der Waals surface area contributed by atoms with Crippen LogP contribution in [0.1, 0.15) is 54.1 Å². The summed E-state index contributed by atoms with van der Waals surface area (Å²) < 4.78 is 25.2. The SMILES string of the molecule is CC(Cc1ccc(C(N)=O)c(C2=CCCCC2)c1)NS(C)(=O)=O. The van der Waals surface area contributed by atoms with Gasteiger partial charge in [0, 0.05) is 11.6 Å². The molecule has 1 aliphatic rings. The average molecular weight is 336 g/mol. The topological polar surface area (TPSA) is 89.3 Å². The molecule has 1 atom stereocenters. The Labute approximate surface area is 138 Å². The molecule has 0 spiro atoms. The van der Waals surface area contributed by atoms with Gasteiger partial charge in [-0.05, 0) is 61.8 Å². The fraction of sp³-hybridized carbons (Fsp3) is 0.471. The first-order valence-corrected chi connectivity index (χ1v) is 9.75. The summed E-state index contributed by atoms with van der Waals surface area (Å²) in [5.41, 5.74) is 9.07. The Morgan fingerprint density at radius 3 is 2.65 bits per heavy atom. The highest BCUT2D eigenvalue weighted by atomic mass is 32.2. The smallest absolute Gasteiger partial charge is 0.249 e. The van der Waals surface area contributed by atoms with Crippen LogP contribution in [0.2, 0.25) is 0 Å². The molecule has 3 N–H and O–H groups in total. The monoisotopic (exact) mass is 336 g/mol. The van der Waals surface area contributed by atoms with Crippen LogP contribution in [-0.2, 0) is 16.4 Å². The van der Waals surface area contributed by atoms with Gasteiger partial charge in [0.1, 0.15) is 0 Å². The fourth-order valence-corrected chi connectivity index (χ4v) is 3.86. The van der Waals surface area contributed by atoms with Crippen LogP contribution in [0.25, 0.3) is 5.57 Å². The van der Waals surface area contributed by atoms with Gasteiger partial charge in [-0.25, -0.2) is 13.1 Å². The first kappa shape index (κ1) is 17.7. The number of allylic oxidation sites excluding steroid dienone is 2. The summed E-state index contributed by atoms with van der Waals surface area (Å²) in [6, 6.07) is 5.35. The lowest BCUT2D eigenvalue weighted by Crippen LogP contribution is -2.33. The second-order valence-electron chi connectivity index (χ2n) is 6.21. The molecule has 1 aromatic carbocycles. The highest BCUT2D eigenvalue weighted by molar-refractivity contribution is 7.88. The predicted octanol–water partition coefficient (Wildman–Crippen LogP) is 2.22. The largest absolute Gasteiger partial charge is 0.366 e. The van der Waals surface area contributed by atoms with Crippen molar-refractivity contribution in [3.05, 3.63) is 41.0 Å². The van der Waals surface area contributed by atoms with Gasteiger partial charge < -0.3 is 5.73 Å². The second-order valence-corrected chi connectivity index (χ2v) is 7.99. The quantitative estimate of drug-likeness (QED) is 0.835. The third-order valence-electron chi connectivity index (χ3n) is 3.94. The van der Waals surface area contributed by atoms with Crippen LogP contribution in [-0.4, -0.2) is 26.6 Å². The molecule has 126 valence electrons. The van der Waals surface area contributed by atoms with E-state index >= 15 is 0 Å². The molecule has 1 unspecified atom stereocenters. The van der Waals surface area contributed by atoms with Gasteiger partial charge in [-0.1, -0.05) is 18.2 Å². The van der Waals surface area contributed by atoms with Gasteiger partial charge in [-0.15, -0.1) is 0 Å². The van der Waals surface area contributed by atoms with Crippen LogP contribution in [0.3, 0.4) is 0 Å². The van der Waals surface area contributed by atoms with E-state index in [2.05, 4.69) is 10.8 Å². The van der Waals surface area contributed by atoms with Gasteiger partial charge in [0.05, 0.1) is 6.26 Å². The number of sulfonamides is 1. The number of hydrogen-bond donors (Lipinski definition) is 2. The van der Waals surface area contributed by atoms with Crippen LogP contribution in [0.5, 0.6) is 0 Å². The Hall–Kier alpha value is -1.66. The van der Waals surface area contributed by atoms with Crippen molar-refractivity contribution in [2.24, 2.45) is 5.73 Å². The van der Waals surface area contributed by atoms with E-state index in [4.69, 9.17) is 5.73 Å². The van der Waals surface area contributed by atoms with Crippen molar-refractivity contribution in [1.29, 1.82) is 0 Å². The molecule has 0 fully saturated rings. The van der Waals surface area contributed by atoms with Crippen molar-refractivity contribution < 1.29 is 13.2 Å². The molecule has 6 heteroatoms. The van der Waals surface area contributed by atoms with Crippen molar-refractivity contribution in [1.82, 2.24) is 4.72 Å². The Balaban J connectivity index is 2.29. The Bertz CT molecular complexity index is 723. The number of rotatable bonds is 6. The van der Waals surface area contributed by atoms with E-state index in [0.717, 1.165) is 42.2 Å². The molecule has 0 saturated carbocycles.